The van der Waals surface area contributed by atoms with Crippen molar-refractivity contribution in [1.29, 1.82) is 0 Å². The molecule has 1 N–H and O–H groups in total. The molecule has 3 rings (SSSR count). The van der Waals surface area contributed by atoms with Gasteiger partial charge in [-0.1, -0.05) is 13.0 Å². The third-order valence-corrected chi connectivity index (χ3v) is 3.75. The highest BCUT2D eigenvalue weighted by molar-refractivity contribution is 5.73. The Balaban J connectivity index is 1.84. The number of nitrogens with one attached hydrogen (secondary N) is 1. The molecule has 132 valence electrons. The number of fused-ring (bicyclic) bond motifs is 1. The Labute approximate surface area is 145 Å². The van der Waals surface area contributed by atoms with Crippen LogP contribution in [0.15, 0.2) is 23.0 Å². The summed E-state index contributed by atoms with van der Waals surface area (Å²) in [6.07, 6.45) is 2.87. The summed E-state index contributed by atoms with van der Waals surface area (Å²) >= 11 is 0. The molecule has 3 aromatic rings. The molecule has 3 aromatic heterocycles. The van der Waals surface area contributed by atoms with Gasteiger partial charge in [-0.05, 0) is 28.4 Å². The van der Waals surface area contributed by atoms with Crippen LogP contribution in [0.2, 0.25) is 0 Å². The fraction of sp³-hybridized carbons (Fsp3) is 0.438. The first-order valence-electron chi connectivity index (χ1n) is 8.09. The number of hydrogen-bond donors (Lipinski definition) is 1. The second kappa shape index (κ2) is 7.84. The summed E-state index contributed by atoms with van der Waals surface area (Å²) in [7, 11) is 3.58. The summed E-state index contributed by atoms with van der Waals surface area (Å²) in [5.74, 6) is 1.26. The minimum atomic E-state index is 0.363. The fourth-order valence-corrected chi connectivity index (χ4v) is 2.36. The first kappa shape index (κ1) is 17.0. The number of anilines is 2. The van der Waals surface area contributed by atoms with Crippen molar-refractivity contribution in [2.24, 2.45) is 0 Å². The molecule has 25 heavy (non-hydrogen) atoms. The summed E-state index contributed by atoms with van der Waals surface area (Å²) in [5.41, 5.74) is 2.89. The number of aryl methyl sites for hydroxylation is 1. The Morgan fingerprint density at radius 1 is 1.20 bits per heavy atom. The quantitative estimate of drug-likeness (QED) is 0.612. The van der Waals surface area contributed by atoms with Crippen molar-refractivity contribution in [3.8, 4) is 0 Å². The highest BCUT2D eigenvalue weighted by atomic mass is 16.6. The Kier molecular flexibility index (Phi) is 5.34. The third kappa shape index (κ3) is 4.00. The molecule has 0 aliphatic carbocycles. The molecule has 0 radical (unpaired) electrons. The number of pyridine rings is 1. The van der Waals surface area contributed by atoms with Crippen LogP contribution in [0.3, 0.4) is 0 Å². The normalized spacial score (nSPS) is 11.0. The molecule has 0 spiro atoms. The summed E-state index contributed by atoms with van der Waals surface area (Å²) < 4.78 is 9.79. The molecule has 9 nitrogen and oxygen atoms in total. The second-order valence-corrected chi connectivity index (χ2v) is 5.59. The molecule has 0 atom stereocenters. The van der Waals surface area contributed by atoms with Gasteiger partial charge in [-0.15, -0.1) is 0 Å². The number of nitrogens with zero attached hydrogens (tertiary/aromatic N) is 6. The lowest BCUT2D eigenvalue weighted by Gasteiger charge is -2.20. The van der Waals surface area contributed by atoms with Crippen molar-refractivity contribution in [3.05, 3.63) is 29.6 Å². The van der Waals surface area contributed by atoms with Crippen LogP contribution in [0.1, 0.15) is 18.2 Å². The molecule has 0 saturated carbocycles. The van der Waals surface area contributed by atoms with Crippen molar-refractivity contribution in [3.63, 3.8) is 0 Å². The Morgan fingerprint density at radius 2 is 2.00 bits per heavy atom. The van der Waals surface area contributed by atoms with Crippen LogP contribution in [0.5, 0.6) is 0 Å². The van der Waals surface area contributed by atoms with E-state index in [-0.39, 0.29) is 0 Å². The lowest BCUT2D eigenvalue weighted by atomic mass is 10.2. The summed E-state index contributed by atoms with van der Waals surface area (Å²) in [5, 5.41) is 10.7. The molecule has 0 fully saturated rings. The van der Waals surface area contributed by atoms with Crippen LogP contribution in [-0.2, 0) is 17.7 Å². The number of aromatic nitrogens is 5. The van der Waals surface area contributed by atoms with Gasteiger partial charge in [0.2, 0.25) is 11.3 Å². The molecular weight excluding hydrogens is 322 g/mol. The van der Waals surface area contributed by atoms with Gasteiger partial charge in [-0.2, -0.15) is 0 Å². The van der Waals surface area contributed by atoms with E-state index in [4.69, 9.17) is 9.37 Å². The first-order valence-corrected chi connectivity index (χ1v) is 8.09. The van der Waals surface area contributed by atoms with Crippen molar-refractivity contribution in [1.82, 2.24) is 25.3 Å². The fourth-order valence-electron chi connectivity index (χ4n) is 2.36. The maximum Gasteiger partial charge on any atom is 0.245 e. The van der Waals surface area contributed by atoms with Crippen molar-refractivity contribution in [2.75, 3.05) is 37.5 Å². The van der Waals surface area contributed by atoms with Crippen LogP contribution in [0, 0.1) is 0 Å². The molecule has 0 aliphatic rings. The van der Waals surface area contributed by atoms with E-state index in [1.54, 1.807) is 7.11 Å². The van der Waals surface area contributed by atoms with E-state index in [1.165, 1.54) is 5.56 Å². The molecule has 0 saturated heterocycles. The van der Waals surface area contributed by atoms with Gasteiger partial charge in [-0.25, -0.2) is 14.6 Å². The highest BCUT2D eigenvalue weighted by Crippen LogP contribution is 2.23. The molecule has 3 heterocycles. The van der Waals surface area contributed by atoms with Gasteiger partial charge < -0.3 is 15.0 Å². The molecule has 0 unspecified atom stereocenters. The average molecular weight is 343 g/mol. The largest absolute Gasteiger partial charge is 0.383 e. The number of hydrogen-bond acceptors (Lipinski definition) is 9. The SMILES string of the molecule is CCc1ccc(CN(C)c2nc3nonc3nc2NCCOC)nc1. The van der Waals surface area contributed by atoms with Crippen molar-refractivity contribution < 1.29 is 9.37 Å². The van der Waals surface area contributed by atoms with Crippen LogP contribution < -0.4 is 10.2 Å². The van der Waals surface area contributed by atoms with Gasteiger partial charge in [0.25, 0.3) is 0 Å². The third-order valence-electron chi connectivity index (χ3n) is 3.75. The Hall–Kier alpha value is -2.81. The molecule has 0 bridgehead atoms. The van der Waals surface area contributed by atoms with Crippen LogP contribution >= 0.6 is 0 Å². The van der Waals surface area contributed by atoms with Crippen molar-refractivity contribution >= 4 is 22.9 Å². The number of ether oxygens (including phenoxy) is 1. The van der Waals surface area contributed by atoms with Crippen LogP contribution in [0.25, 0.3) is 11.3 Å². The summed E-state index contributed by atoms with van der Waals surface area (Å²) in [6.45, 7) is 3.86. The van der Waals surface area contributed by atoms with E-state index in [0.717, 1.165) is 12.1 Å². The topological polar surface area (TPSA) is 102 Å². The maximum atomic E-state index is 5.07. The number of methoxy groups -OCH3 is 1. The number of rotatable bonds is 8. The van der Waals surface area contributed by atoms with Gasteiger partial charge in [0, 0.05) is 26.9 Å². The van der Waals surface area contributed by atoms with Gasteiger partial charge in [0.15, 0.2) is 11.6 Å². The van der Waals surface area contributed by atoms with E-state index in [9.17, 15) is 0 Å². The van der Waals surface area contributed by atoms with Crippen LogP contribution in [0.4, 0.5) is 11.6 Å². The minimum Gasteiger partial charge on any atom is -0.383 e. The van der Waals surface area contributed by atoms with Crippen molar-refractivity contribution in [2.45, 2.75) is 19.9 Å². The molecule has 0 aliphatic heterocycles. The highest BCUT2D eigenvalue weighted by Gasteiger charge is 2.16. The first-order chi connectivity index (χ1) is 12.2. The molecule has 0 amide bonds. The lowest BCUT2D eigenvalue weighted by molar-refractivity contribution is 0.210. The maximum absolute atomic E-state index is 5.07. The molecular formula is C16H21N7O2. The second-order valence-electron chi connectivity index (χ2n) is 5.59. The van der Waals surface area contributed by atoms with Gasteiger partial charge in [0.05, 0.1) is 18.8 Å². The Morgan fingerprint density at radius 3 is 2.68 bits per heavy atom. The minimum absolute atomic E-state index is 0.363. The summed E-state index contributed by atoms with van der Waals surface area (Å²) in [6, 6.07) is 4.11. The van der Waals surface area contributed by atoms with Gasteiger partial charge >= 0.3 is 0 Å². The van der Waals surface area contributed by atoms with E-state index in [1.807, 2.05) is 24.2 Å². The van der Waals surface area contributed by atoms with E-state index in [2.05, 4.69) is 43.6 Å². The predicted molar refractivity (Wildman–Crippen MR) is 93.5 cm³/mol. The smallest absolute Gasteiger partial charge is 0.245 e. The zero-order chi connectivity index (χ0) is 17.6. The van der Waals surface area contributed by atoms with E-state index in [0.29, 0.717) is 42.6 Å². The average Bonchev–Trinajstić information content (AvgIpc) is 3.09. The molecule has 9 heteroatoms. The monoisotopic (exact) mass is 343 g/mol. The summed E-state index contributed by atoms with van der Waals surface area (Å²) in [4.78, 5) is 15.4. The lowest BCUT2D eigenvalue weighted by Crippen LogP contribution is -2.22. The zero-order valence-electron chi connectivity index (χ0n) is 14.6. The van der Waals surface area contributed by atoms with Gasteiger partial charge in [0.1, 0.15) is 0 Å². The van der Waals surface area contributed by atoms with E-state index < -0.39 is 0 Å². The molecule has 0 aromatic carbocycles. The predicted octanol–water partition coefficient (Wildman–Crippen LogP) is 1.66. The van der Waals surface area contributed by atoms with Gasteiger partial charge in [-0.3, -0.25) is 4.98 Å². The van der Waals surface area contributed by atoms with Crippen LogP contribution in [-0.4, -0.2) is 52.6 Å². The standard InChI is InChI=1S/C16H21N7O2/c1-4-11-5-6-12(18-9-11)10-23(2)16-15(17-7-8-24-3)19-13-14(20-16)22-25-21-13/h5-6,9H,4,7-8,10H2,1-3H3,(H,17,19,21). The Bertz CT molecular complexity index is 819. The van der Waals surface area contributed by atoms with E-state index >= 15 is 0 Å². The zero-order valence-corrected chi connectivity index (χ0v) is 14.6.